The highest BCUT2D eigenvalue weighted by Crippen LogP contribution is 2.35. The molecular weight excluding hydrogens is 516 g/mol. The van der Waals surface area contributed by atoms with Crippen molar-refractivity contribution in [1.82, 2.24) is 15.0 Å². The van der Waals surface area contributed by atoms with E-state index in [1.807, 2.05) is 24.3 Å². The molecule has 0 saturated heterocycles. The number of carbonyl (C=O) groups is 1. The molecule has 10 heteroatoms. The Balaban J connectivity index is 1.40. The molecule has 1 aliphatic rings. The van der Waals surface area contributed by atoms with Gasteiger partial charge in [0.05, 0.1) is 30.2 Å². The quantitative estimate of drug-likeness (QED) is 0.151. The number of hydrazone groups is 1. The molecule has 0 unspecified atom stereocenters. The lowest BCUT2D eigenvalue weighted by Gasteiger charge is -2.13. The van der Waals surface area contributed by atoms with Gasteiger partial charge in [0.25, 0.3) is 11.5 Å². The Morgan fingerprint density at radius 2 is 1.94 bits per heavy atom. The van der Waals surface area contributed by atoms with Crippen LogP contribution in [0.2, 0.25) is 5.02 Å². The number of thioether (sulfide) groups is 1. The van der Waals surface area contributed by atoms with Crippen LogP contribution < -0.4 is 15.7 Å². The van der Waals surface area contributed by atoms with Gasteiger partial charge < -0.3 is 4.74 Å². The summed E-state index contributed by atoms with van der Waals surface area (Å²) in [4.78, 5) is 33.1. The van der Waals surface area contributed by atoms with Crippen molar-refractivity contribution < 1.29 is 9.53 Å². The van der Waals surface area contributed by atoms with E-state index >= 15 is 0 Å². The number of hydrogen-bond donors (Lipinski definition) is 1. The predicted molar refractivity (Wildman–Crippen MR) is 146 cm³/mol. The van der Waals surface area contributed by atoms with E-state index in [0.717, 1.165) is 47.4 Å². The number of carbonyl (C=O) groups excluding carboxylic acids is 1. The maximum absolute atomic E-state index is 13.7. The third kappa shape index (κ3) is 5.18. The van der Waals surface area contributed by atoms with Gasteiger partial charge >= 0.3 is 0 Å². The van der Waals surface area contributed by atoms with E-state index in [0.29, 0.717) is 21.3 Å². The van der Waals surface area contributed by atoms with Crippen molar-refractivity contribution in [2.24, 2.45) is 5.10 Å². The predicted octanol–water partition coefficient (Wildman–Crippen LogP) is 5.23. The number of aromatic nitrogens is 2. The van der Waals surface area contributed by atoms with Crippen LogP contribution >= 0.6 is 34.7 Å². The summed E-state index contributed by atoms with van der Waals surface area (Å²) in [6.07, 6.45) is 5.64. The molecule has 2 aromatic carbocycles. The van der Waals surface area contributed by atoms with E-state index in [2.05, 4.69) is 10.5 Å². The fourth-order valence-electron chi connectivity index (χ4n) is 4.13. The molecule has 36 heavy (non-hydrogen) atoms. The van der Waals surface area contributed by atoms with Gasteiger partial charge in [-0.05, 0) is 85.3 Å². The molecule has 1 amide bonds. The Hall–Kier alpha value is -3.14. The van der Waals surface area contributed by atoms with Crippen LogP contribution in [0.5, 0.6) is 5.75 Å². The minimum absolute atomic E-state index is 0.0522. The van der Waals surface area contributed by atoms with Crippen LogP contribution in [0.3, 0.4) is 0 Å². The second kappa shape index (κ2) is 10.9. The number of thiophene rings is 1. The third-order valence-corrected chi connectivity index (χ3v) is 8.27. The molecule has 1 aliphatic carbocycles. The fraction of sp³-hybridized carbons (Fsp3) is 0.231. The first-order valence-electron chi connectivity index (χ1n) is 11.5. The van der Waals surface area contributed by atoms with Crippen molar-refractivity contribution in [2.75, 3.05) is 12.9 Å². The van der Waals surface area contributed by atoms with Gasteiger partial charge in [-0.25, -0.2) is 10.4 Å². The van der Waals surface area contributed by atoms with Crippen LogP contribution in [0.15, 0.2) is 63.6 Å². The molecule has 4 aromatic rings. The number of halogens is 1. The Bertz CT molecular complexity index is 1500. The molecule has 0 spiro atoms. The Morgan fingerprint density at radius 3 is 2.69 bits per heavy atom. The zero-order valence-corrected chi connectivity index (χ0v) is 21.9. The van der Waals surface area contributed by atoms with Gasteiger partial charge in [-0.3, -0.25) is 14.2 Å². The minimum atomic E-state index is -0.299. The molecule has 2 aromatic heterocycles. The fourth-order valence-corrected chi connectivity index (χ4v) is 6.37. The average Bonchev–Trinajstić information content (AvgIpc) is 3.27. The average molecular weight is 539 g/mol. The summed E-state index contributed by atoms with van der Waals surface area (Å²) in [5.41, 5.74) is 5.05. The van der Waals surface area contributed by atoms with Crippen LogP contribution in [0.1, 0.15) is 28.8 Å². The normalized spacial score (nSPS) is 13.2. The van der Waals surface area contributed by atoms with E-state index in [4.69, 9.17) is 21.3 Å². The molecule has 1 N–H and O–H groups in total. The second-order valence-electron chi connectivity index (χ2n) is 8.26. The van der Waals surface area contributed by atoms with E-state index in [1.54, 1.807) is 53.5 Å². The minimum Gasteiger partial charge on any atom is -0.497 e. The molecule has 0 fully saturated rings. The summed E-state index contributed by atoms with van der Waals surface area (Å²) in [5.74, 6) is 0.499. The standard InChI is InChI=1S/C26H23ClN4O3S2/c1-34-19-12-6-16(7-13-19)14-28-30-22(32)15-35-26-29-24-23(20-4-2-3-5-21(20)36-24)25(33)31(26)18-10-8-17(27)9-11-18/h6-14H,2-5,15H2,1H3,(H,30,32). The maximum atomic E-state index is 13.7. The van der Waals surface area contributed by atoms with Crippen LogP contribution in [-0.4, -0.2) is 34.5 Å². The molecule has 0 saturated carbocycles. The Morgan fingerprint density at radius 1 is 1.19 bits per heavy atom. The van der Waals surface area contributed by atoms with E-state index in [1.165, 1.54) is 16.6 Å². The summed E-state index contributed by atoms with van der Waals surface area (Å²) in [5, 5.41) is 5.77. The Kier molecular flexibility index (Phi) is 7.41. The van der Waals surface area contributed by atoms with Gasteiger partial charge in [0.2, 0.25) is 0 Å². The second-order valence-corrected chi connectivity index (χ2v) is 10.7. The molecule has 0 bridgehead atoms. The van der Waals surface area contributed by atoms with Crippen LogP contribution in [0.4, 0.5) is 0 Å². The first-order chi connectivity index (χ1) is 17.5. The third-order valence-electron chi connectivity index (χ3n) is 5.89. The molecular formula is C26H23ClN4O3S2. The summed E-state index contributed by atoms with van der Waals surface area (Å²) >= 11 is 8.88. The molecule has 184 valence electrons. The van der Waals surface area contributed by atoms with E-state index in [9.17, 15) is 9.59 Å². The lowest BCUT2D eigenvalue weighted by atomic mass is 9.97. The zero-order chi connectivity index (χ0) is 25.1. The maximum Gasteiger partial charge on any atom is 0.267 e. The lowest BCUT2D eigenvalue weighted by Crippen LogP contribution is -2.24. The number of ether oxygens (including phenoxy) is 1. The molecule has 5 rings (SSSR count). The van der Waals surface area contributed by atoms with Crippen molar-refractivity contribution >= 4 is 57.0 Å². The highest BCUT2D eigenvalue weighted by Gasteiger charge is 2.23. The topological polar surface area (TPSA) is 85.6 Å². The van der Waals surface area contributed by atoms with Crippen molar-refractivity contribution in [2.45, 2.75) is 30.8 Å². The monoisotopic (exact) mass is 538 g/mol. The van der Waals surface area contributed by atoms with Crippen LogP contribution in [-0.2, 0) is 17.6 Å². The molecule has 2 heterocycles. The van der Waals surface area contributed by atoms with Crippen molar-refractivity contribution in [3.05, 3.63) is 79.9 Å². The van der Waals surface area contributed by atoms with Crippen molar-refractivity contribution in [3.63, 3.8) is 0 Å². The molecule has 0 atom stereocenters. The van der Waals surface area contributed by atoms with E-state index in [-0.39, 0.29) is 17.2 Å². The van der Waals surface area contributed by atoms with E-state index < -0.39 is 0 Å². The number of amides is 1. The first-order valence-corrected chi connectivity index (χ1v) is 13.6. The SMILES string of the molecule is COc1ccc(C=NNC(=O)CSc2nc3sc4c(c3c(=O)n2-c2ccc(Cl)cc2)CCCC4)cc1. The van der Waals surface area contributed by atoms with Gasteiger partial charge in [-0.1, -0.05) is 23.4 Å². The summed E-state index contributed by atoms with van der Waals surface area (Å²) in [6, 6.07) is 14.4. The number of aryl methyl sites for hydroxylation is 2. The molecule has 0 aliphatic heterocycles. The molecule has 7 nitrogen and oxygen atoms in total. The number of nitrogens with one attached hydrogen (secondary N) is 1. The van der Waals surface area contributed by atoms with Gasteiger partial charge in [0.1, 0.15) is 10.6 Å². The number of methoxy groups -OCH3 is 1. The molecule has 0 radical (unpaired) electrons. The lowest BCUT2D eigenvalue weighted by molar-refractivity contribution is -0.118. The smallest absolute Gasteiger partial charge is 0.267 e. The Labute approximate surface area is 221 Å². The zero-order valence-electron chi connectivity index (χ0n) is 19.5. The number of hydrogen-bond acceptors (Lipinski definition) is 7. The highest BCUT2D eigenvalue weighted by atomic mass is 35.5. The van der Waals surface area contributed by atoms with Crippen molar-refractivity contribution in [3.8, 4) is 11.4 Å². The largest absolute Gasteiger partial charge is 0.497 e. The van der Waals surface area contributed by atoms with Crippen molar-refractivity contribution in [1.29, 1.82) is 0 Å². The van der Waals surface area contributed by atoms with Gasteiger partial charge in [-0.2, -0.15) is 5.10 Å². The van der Waals surface area contributed by atoms with Crippen LogP contribution in [0.25, 0.3) is 15.9 Å². The van der Waals surface area contributed by atoms with Gasteiger partial charge in [0, 0.05) is 9.90 Å². The number of nitrogens with zero attached hydrogens (tertiary/aromatic N) is 3. The number of rotatable bonds is 7. The summed E-state index contributed by atoms with van der Waals surface area (Å²) in [7, 11) is 1.60. The summed E-state index contributed by atoms with van der Waals surface area (Å²) < 4.78 is 6.72. The van der Waals surface area contributed by atoms with Gasteiger partial charge in [0.15, 0.2) is 5.16 Å². The van der Waals surface area contributed by atoms with Gasteiger partial charge in [-0.15, -0.1) is 11.3 Å². The van der Waals surface area contributed by atoms with Crippen LogP contribution in [0, 0.1) is 0 Å². The number of benzene rings is 2. The number of fused-ring (bicyclic) bond motifs is 3. The summed E-state index contributed by atoms with van der Waals surface area (Å²) in [6.45, 7) is 0. The first kappa shape index (κ1) is 24.5. The highest BCUT2D eigenvalue weighted by molar-refractivity contribution is 7.99.